The zero-order valence-corrected chi connectivity index (χ0v) is 10.4. The van der Waals surface area contributed by atoms with Crippen molar-refractivity contribution in [3.63, 3.8) is 0 Å². The summed E-state index contributed by atoms with van der Waals surface area (Å²) in [4.78, 5) is 3.86. The average Bonchev–Trinajstić information content (AvgIpc) is 2.14. The van der Waals surface area contributed by atoms with Crippen molar-refractivity contribution < 1.29 is 0 Å². The first-order valence-electron chi connectivity index (χ1n) is 4.41. The van der Waals surface area contributed by atoms with Crippen LogP contribution in [0.5, 0.6) is 0 Å². The second-order valence-electron chi connectivity index (χ2n) is 3.05. The molecule has 86 valence electrons. The third-order valence-electron chi connectivity index (χ3n) is 1.98. The van der Waals surface area contributed by atoms with Gasteiger partial charge in [0.05, 0.1) is 10.0 Å². The highest BCUT2D eigenvalue weighted by atomic mass is 35.5. The Morgan fingerprint density at radius 3 is 2.27 bits per heavy atom. The van der Waals surface area contributed by atoms with E-state index in [0.717, 1.165) is 18.4 Å². The molecule has 1 heterocycles. The summed E-state index contributed by atoms with van der Waals surface area (Å²) < 4.78 is 0. The predicted molar refractivity (Wildman–Crippen MR) is 66.7 cm³/mol. The second kappa shape index (κ2) is 7.25. The van der Waals surface area contributed by atoms with Crippen LogP contribution in [-0.2, 0) is 0 Å². The molecule has 0 fully saturated rings. The Kier molecular flexibility index (Phi) is 7.22. The molecule has 4 N–H and O–H groups in total. The lowest BCUT2D eigenvalue weighted by molar-refractivity contribution is 0.617. The van der Waals surface area contributed by atoms with E-state index in [-0.39, 0.29) is 18.4 Å². The first kappa shape index (κ1) is 14.9. The fraction of sp³-hybridized carbons (Fsp3) is 0.444. The van der Waals surface area contributed by atoms with Gasteiger partial charge in [0.15, 0.2) is 0 Å². The molecule has 0 saturated heterocycles. The lowest BCUT2D eigenvalue weighted by atomic mass is 10.0. The molecule has 0 amide bonds. The van der Waals surface area contributed by atoms with E-state index in [4.69, 9.17) is 34.7 Å². The summed E-state index contributed by atoms with van der Waals surface area (Å²) in [5.41, 5.74) is 12.1. The molecule has 3 nitrogen and oxygen atoms in total. The molecular weight excluding hydrogens is 256 g/mol. The van der Waals surface area contributed by atoms with Gasteiger partial charge in [-0.25, -0.2) is 0 Å². The van der Waals surface area contributed by atoms with Crippen molar-refractivity contribution in [2.45, 2.75) is 18.9 Å². The highest BCUT2D eigenvalue weighted by molar-refractivity contribution is 6.35. The normalized spacial score (nSPS) is 12.0. The number of hydrogen-bond acceptors (Lipinski definition) is 3. The van der Waals surface area contributed by atoms with Crippen molar-refractivity contribution in [2.24, 2.45) is 11.5 Å². The van der Waals surface area contributed by atoms with Crippen molar-refractivity contribution in [3.8, 4) is 0 Å². The van der Waals surface area contributed by atoms with E-state index in [1.807, 2.05) is 0 Å². The number of rotatable bonds is 4. The van der Waals surface area contributed by atoms with Crippen LogP contribution in [0.3, 0.4) is 0 Å². The molecule has 0 spiro atoms. The number of halogens is 3. The van der Waals surface area contributed by atoms with E-state index in [9.17, 15) is 0 Å². The number of pyridine rings is 1. The van der Waals surface area contributed by atoms with E-state index in [2.05, 4.69) is 4.98 Å². The highest BCUT2D eigenvalue weighted by Gasteiger charge is 2.13. The summed E-state index contributed by atoms with van der Waals surface area (Å²) in [6, 6.07) is -0.165. The Bertz CT molecular complexity index is 286. The van der Waals surface area contributed by atoms with Gasteiger partial charge < -0.3 is 11.5 Å². The van der Waals surface area contributed by atoms with Crippen LogP contribution in [0.15, 0.2) is 12.4 Å². The number of hydrogen-bond donors (Lipinski definition) is 2. The Morgan fingerprint density at radius 1 is 1.27 bits per heavy atom. The molecule has 1 aromatic heterocycles. The molecular formula is C9H14Cl3N3. The van der Waals surface area contributed by atoms with Gasteiger partial charge in [-0.2, -0.15) is 0 Å². The third kappa shape index (κ3) is 4.13. The molecule has 1 aromatic rings. The molecule has 0 aromatic carbocycles. The molecule has 0 aliphatic carbocycles. The van der Waals surface area contributed by atoms with Crippen LogP contribution in [0.1, 0.15) is 24.4 Å². The van der Waals surface area contributed by atoms with E-state index in [1.165, 1.54) is 0 Å². The quantitative estimate of drug-likeness (QED) is 0.884. The first-order chi connectivity index (χ1) is 6.66. The minimum atomic E-state index is -0.165. The molecule has 15 heavy (non-hydrogen) atoms. The fourth-order valence-electron chi connectivity index (χ4n) is 1.26. The summed E-state index contributed by atoms with van der Waals surface area (Å²) in [6.07, 6.45) is 4.73. The second-order valence-corrected chi connectivity index (χ2v) is 3.87. The maximum Gasteiger partial charge on any atom is 0.0651 e. The minimum Gasteiger partial charge on any atom is -0.330 e. The van der Waals surface area contributed by atoms with E-state index in [0.29, 0.717) is 16.6 Å². The summed E-state index contributed by atoms with van der Waals surface area (Å²) >= 11 is 11.9. The van der Waals surface area contributed by atoms with Gasteiger partial charge in [-0.15, -0.1) is 12.4 Å². The van der Waals surface area contributed by atoms with Crippen LogP contribution >= 0.6 is 35.6 Å². The van der Waals surface area contributed by atoms with Gasteiger partial charge in [0.25, 0.3) is 0 Å². The van der Waals surface area contributed by atoms with Crippen molar-refractivity contribution in [1.29, 1.82) is 0 Å². The molecule has 0 radical (unpaired) electrons. The zero-order valence-electron chi connectivity index (χ0n) is 8.12. The average molecular weight is 271 g/mol. The van der Waals surface area contributed by atoms with Crippen molar-refractivity contribution in [1.82, 2.24) is 4.98 Å². The Balaban J connectivity index is 0.00000196. The van der Waals surface area contributed by atoms with Crippen molar-refractivity contribution >= 4 is 35.6 Å². The lowest BCUT2D eigenvalue weighted by Crippen LogP contribution is -2.13. The monoisotopic (exact) mass is 269 g/mol. The van der Waals surface area contributed by atoms with Gasteiger partial charge in [0.1, 0.15) is 0 Å². The van der Waals surface area contributed by atoms with Gasteiger partial charge in [0.2, 0.25) is 0 Å². The molecule has 6 heteroatoms. The number of aromatic nitrogens is 1. The SMILES string of the molecule is Cl.NCCC[C@H](N)c1c(Cl)cncc1Cl. The molecule has 0 saturated carbocycles. The summed E-state index contributed by atoms with van der Waals surface area (Å²) in [7, 11) is 0. The molecule has 1 atom stereocenters. The molecule has 0 bridgehead atoms. The van der Waals surface area contributed by atoms with Gasteiger partial charge in [-0.1, -0.05) is 23.2 Å². The zero-order chi connectivity index (χ0) is 10.6. The van der Waals surface area contributed by atoms with E-state index < -0.39 is 0 Å². The van der Waals surface area contributed by atoms with Gasteiger partial charge in [-0.3, -0.25) is 4.98 Å². The van der Waals surface area contributed by atoms with Crippen molar-refractivity contribution in [3.05, 3.63) is 28.0 Å². The smallest absolute Gasteiger partial charge is 0.0651 e. The van der Waals surface area contributed by atoms with Crippen LogP contribution in [0.4, 0.5) is 0 Å². The molecule has 1 rings (SSSR count). The topological polar surface area (TPSA) is 64.9 Å². The number of nitrogens with zero attached hydrogens (tertiary/aromatic N) is 1. The molecule has 0 aliphatic heterocycles. The fourth-order valence-corrected chi connectivity index (χ4v) is 1.90. The summed E-state index contributed by atoms with van der Waals surface area (Å²) in [5.74, 6) is 0. The standard InChI is InChI=1S/C9H13Cl2N3.ClH/c10-6-4-14-5-7(11)9(6)8(13)2-1-3-12;/h4-5,8H,1-3,12-13H2;1H/t8-;/m0./s1. The molecule has 0 unspecified atom stereocenters. The Labute approximate surface area is 106 Å². The van der Waals surface area contributed by atoms with E-state index >= 15 is 0 Å². The van der Waals surface area contributed by atoms with Gasteiger partial charge >= 0.3 is 0 Å². The molecule has 0 aliphatic rings. The van der Waals surface area contributed by atoms with Gasteiger partial charge in [0, 0.05) is 24.0 Å². The van der Waals surface area contributed by atoms with Crippen LogP contribution in [0.25, 0.3) is 0 Å². The number of nitrogens with two attached hydrogens (primary N) is 2. The Morgan fingerprint density at radius 2 is 1.80 bits per heavy atom. The maximum absolute atomic E-state index is 5.95. The third-order valence-corrected chi connectivity index (χ3v) is 2.58. The van der Waals surface area contributed by atoms with E-state index in [1.54, 1.807) is 12.4 Å². The minimum absolute atomic E-state index is 0. The largest absolute Gasteiger partial charge is 0.330 e. The van der Waals surface area contributed by atoms with Crippen LogP contribution in [0.2, 0.25) is 10.0 Å². The lowest BCUT2D eigenvalue weighted by Gasteiger charge is -2.14. The van der Waals surface area contributed by atoms with Crippen LogP contribution < -0.4 is 11.5 Å². The van der Waals surface area contributed by atoms with Gasteiger partial charge in [-0.05, 0) is 19.4 Å². The maximum atomic E-state index is 5.95. The van der Waals surface area contributed by atoms with Crippen molar-refractivity contribution in [2.75, 3.05) is 6.54 Å². The predicted octanol–water partition coefficient (Wildman–Crippen LogP) is 2.55. The van der Waals surface area contributed by atoms with Crippen LogP contribution in [0, 0.1) is 0 Å². The Hall–Kier alpha value is -0.0600. The highest BCUT2D eigenvalue weighted by Crippen LogP contribution is 2.29. The summed E-state index contributed by atoms with van der Waals surface area (Å²) in [6.45, 7) is 0.619. The van der Waals surface area contributed by atoms with Crippen LogP contribution in [-0.4, -0.2) is 11.5 Å². The summed E-state index contributed by atoms with van der Waals surface area (Å²) in [5, 5.41) is 1.03. The first-order valence-corrected chi connectivity index (χ1v) is 5.17.